The molecule has 9 nitrogen and oxygen atoms in total. The molecule has 2 atom stereocenters. The Labute approximate surface area is 115 Å². The molecule has 1 aromatic heterocycles. The first kappa shape index (κ1) is 13.0. The summed E-state index contributed by atoms with van der Waals surface area (Å²) in [6.45, 7) is 0.666. The summed E-state index contributed by atoms with van der Waals surface area (Å²) < 4.78 is 5.70. The Hall–Kier alpha value is -2.00. The average molecular weight is 280 g/mol. The lowest BCUT2D eigenvalue weighted by molar-refractivity contribution is -0.383. The molecule has 0 aromatic carbocycles. The maximum absolute atomic E-state index is 11.2. The van der Waals surface area contributed by atoms with Crippen molar-refractivity contribution in [2.24, 2.45) is 11.8 Å². The zero-order valence-corrected chi connectivity index (χ0v) is 10.8. The standard InChI is InChI=1S/C11H16N6O3/c12-16-11-8(17(18)19)10(13-5-14-11)15-7-3-4-20-9(7)6-1-2-6/h5-7,9H,1-4,12H2,(H2,13,14,15,16). The van der Waals surface area contributed by atoms with Gasteiger partial charge in [-0.15, -0.1) is 0 Å². The largest absolute Gasteiger partial charge is 0.376 e. The molecular weight excluding hydrogens is 264 g/mol. The molecule has 2 heterocycles. The van der Waals surface area contributed by atoms with Crippen LogP contribution in [0.15, 0.2) is 6.33 Å². The number of rotatable bonds is 5. The summed E-state index contributed by atoms with van der Waals surface area (Å²) in [4.78, 5) is 18.4. The highest BCUT2D eigenvalue weighted by molar-refractivity contribution is 5.69. The van der Waals surface area contributed by atoms with Crippen LogP contribution in [0.2, 0.25) is 0 Å². The Morgan fingerprint density at radius 3 is 2.75 bits per heavy atom. The fourth-order valence-electron chi connectivity index (χ4n) is 2.59. The van der Waals surface area contributed by atoms with Crippen molar-refractivity contribution >= 4 is 17.3 Å². The van der Waals surface area contributed by atoms with Crippen molar-refractivity contribution in [1.82, 2.24) is 9.97 Å². The average Bonchev–Trinajstić information content (AvgIpc) is 3.18. The summed E-state index contributed by atoms with van der Waals surface area (Å²) in [5.74, 6) is 5.99. The second-order valence-corrected chi connectivity index (χ2v) is 5.03. The van der Waals surface area contributed by atoms with Gasteiger partial charge in [-0.2, -0.15) is 0 Å². The number of anilines is 2. The van der Waals surface area contributed by atoms with Gasteiger partial charge in [0.05, 0.1) is 17.1 Å². The Kier molecular flexibility index (Phi) is 3.36. The maximum Gasteiger partial charge on any atom is 0.354 e. The highest BCUT2D eigenvalue weighted by Gasteiger charge is 2.41. The van der Waals surface area contributed by atoms with Crippen molar-refractivity contribution in [3.63, 3.8) is 0 Å². The van der Waals surface area contributed by atoms with E-state index in [0.717, 1.165) is 19.3 Å². The number of hydrogen-bond acceptors (Lipinski definition) is 8. The van der Waals surface area contributed by atoms with Gasteiger partial charge in [-0.25, -0.2) is 15.8 Å². The van der Waals surface area contributed by atoms with Crippen molar-refractivity contribution in [1.29, 1.82) is 0 Å². The number of hydrogen-bond donors (Lipinski definition) is 3. The highest BCUT2D eigenvalue weighted by Crippen LogP contribution is 2.40. The molecule has 1 saturated heterocycles. The topological polar surface area (TPSA) is 128 Å². The van der Waals surface area contributed by atoms with Gasteiger partial charge in [-0.3, -0.25) is 10.1 Å². The summed E-state index contributed by atoms with van der Waals surface area (Å²) in [6, 6.07) is 0.0433. The van der Waals surface area contributed by atoms with Gasteiger partial charge in [0.25, 0.3) is 0 Å². The lowest BCUT2D eigenvalue weighted by Crippen LogP contribution is -2.31. The van der Waals surface area contributed by atoms with Gasteiger partial charge in [0, 0.05) is 6.61 Å². The quantitative estimate of drug-likeness (QED) is 0.407. The molecule has 9 heteroatoms. The maximum atomic E-state index is 11.2. The van der Waals surface area contributed by atoms with Gasteiger partial charge in [0.15, 0.2) is 0 Å². The van der Waals surface area contributed by atoms with E-state index in [1.54, 1.807) is 0 Å². The van der Waals surface area contributed by atoms with E-state index in [9.17, 15) is 10.1 Å². The van der Waals surface area contributed by atoms with E-state index in [0.29, 0.717) is 12.5 Å². The minimum atomic E-state index is -0.542. The molecule has 0 amide bonds. The predicted molar refractivity (Wildman–Crippen MR) is 71.0 cm³/mol. The van der Waals surface area contributed by atoms with E-state index < -0.39 is 4.92 Å². The first-order valence-electron chi connectivity index (χ1n) is 6.55. The second-order valence-electron chi connectivity index (χ2n) is 5.03. The van der Waals surface area contributed by atoms with E-state index in [2.05, 4.69) is 20.7 Å². The van der Waals surface area contributed by atoms with Crippen molar-refractivity contribution in [2.45, 2.75) is 31.4 Å². The van der Waals surface area contributed by atoms with Crippen LogP contribution in [0.25, 0.3) is 0 Å². The summed E-state index contributed by atoms with van der Waals surface area (Å²) in [5, 5.41) is 14.3. The predicted octanol–water partition coefficient (Wildman–Crippen LogP) is 0.650. The smallest absolute Gasteiger partial charge is 0.354 e. The second kappa shape index (κ2) is 5.17. The van der Waals surface area contributed by atoms with E-state index >= 15 is 0 Å². The van der Waals surface area contributed by atoms with Crippen molar-refractivity contribution in [2.75, 3.05) is 17.3 Å². The fourth-order valence-corrected chi connectivity index (χ4v) is 2.59. The number of nitrogen functional groups attached to an aromatic ring is 1. The monoisotopic (exact) mass is 280 g/mol. The van der Waals surface area contributed by atoms with Crippen LogP contribution in [0.5, 0.6) is 0 Å². The molecule has 108 valence electrons. The third-order valence-corrected chi connectivity index (χ3v) is 3.69. The Morgan fingerprint density at radius 1 is 1.35 bits per heavy atom. The third-order valence-electron chi connectivity index (χ3n) is 3.69. The van der Waals surface area contributed by atoms with Gasteiger partial charge in [-0.1, -0.05) is 0 Å². The number of nitrogens with two attached hydrogens (primary N) is 1. The molecule has 0 radical (unpaired) electrons. The molecule has 2 aliphatic rings. The summed E-state index contributed by atoms with van der Waals surface area (Å²) in [6.07, 6.45) is 4.48. The molecule has 3 rings (SSSR count). The number of nitrogens with zero attached hydrogens (tertiary/aromatic N) is 3. The molecule has 1 saturated carbocycles. The molecule has 20 heavy (non-hydrogen) atoms. The minimum Gasteiger partial charge on any atom is -0.376 e. The van der Waals surface area contributed by atoms with Crippen LogP contribution in [-0.2, 0) is 4.74 Å². The number of hydrazine groups is 1. The Bertz CT molecular complexity index is 521. The zero-order chi connectivity index (χ0) is 14.1. The van der Waals surface area contributed by atoms with Crippen molar-refractivity contribution < 1.29 is 9.66 Å². The Morgan fingerprint density at radius 2 is 2.10 bits per heavy atom. The van der Waals surface area contributed by atoms with Crippen LogP contribution >= 0.6 is 0 Å². The van der Waals surface area contributed by atoms with Gasteiger partial charge < -0.3 is 15.5 Å². The zero-order valence-electron chi connectivity index (χ0n) is 10.8. The molecule has 0 bridgehead atoms. The van der Waals surface area contributed by atoms with E-state index in [-0.39, 0.29) is 29.5 Å². The van der Waals surface area contributed by atoms with Gasteiger partial charge in [0.1, 0.15) is 6.33 Å². The third kappa shape index (κ3) is 2.37. The van der Waals surface area contributed by atoms with Crippen LogP contribution < -0.4 is 16.6 Å². The highest BCUT2D eigenvalue weighted by atomic mass is 16.6. The van der Waals surface area contributed by atoms with Gasteiger partial charge in [-0.05, 0) is 25.2 Å². The molecule has 4 N–H and O–H groups in total. The molecule has 1 aliphatic carbocycles. The Balaban J connectivity index is 1.84. The van der Waals surface area contributed by atoms with Crippen molar-refractivity contribution in [3.8, 4) is 0 Å². The number of nitrogens with one attached hydrogen (secondary N) is 2. The van der Waals surface area contributed by atoms with Crippen LogP contribution in [0.3, 0.4) is 0 Å². The molecule has 1 aromatic rings. The summed E-state index contributed by atoms with van der Waals surface area (Å²) in [5.41, 5.74) is 1.99. The first-order valence-corrected chi connectivity index (χ1v) is 6.55. The van der Waals surface area contributed by atoms with E-state index in [4.69, 9.17) is 10.6 Å². The summed E-state index contributed by atoms with van der Waals surface area (Å²) >= 11 is 0. The normalized spacial score (nSPS) is 25.4. The van der Waals surface area contributed by atoms with Crippen LogP contribution in [0.4, 0.5) is 17.3 Å². The van der Waals surface area contributed by atoms with Crippen LogP contribution in [0.1, 0.15) is 19.3 Å². The van der Waals surface area contributed by atoms with E-state index in [1.165, 1.54) is 6.33 Å². The lowest BCUT2D eigenvalue weighted by Gasteiger charge is -2.20. The first-order chi connectivity index (χ1) is 9.70. The summed E-state index contributed by atoms with van der Waals surface area (Å²) in [7, 11) is 0. The SMILES string of the molecule is NNc1ncnc(NC2CCOC2C2CC2)c1[N+](=O)[O-]. The van der Waals surface area contributed by atoms with E-state index in [1.807, 2.05) is 0 Å². The minimum absolute atomic E-state index is 0.00520. The lowest BCUT2D eigenvalue weighted by atomic mass is 10.1. The van der Waals surface area contributed by atoms with Crippen LogP contribution in [-0.4, -0.2) is 33.6 Å². The molecule has 0 spiro atoms. The molecule has 2 fully saturated rings. The fraction of sp³-hybridized carbons (Fsp3) is 0.636. The number of ether oxygens (including phenoxy) is 1. The number of nitro groups is 1. The van der Waals surface area contributed by atoms with Gasteiger partial charge in [0.2, 0.25) is 11.6 Å². The molecule has 2 unspecified atom stereocenters. The number of aromatic nitrogens is 2. The van der Waals surface area contributed by atoms with Crippen LogP contribution in [0, 0.1) is 16.0 Å². The molecular formula is C11H16N6O3. The van der Waals surface area contributed by atoms with Gasteiger partial charge >= 0.3 is 5.69 Å². The van der Waals surface area contributed by atoms with Crippen molar-refractivity contribution in [3.05, 3.63) is 16.4 Å². The molecule has 1 aliphatic heterocycles.